The largest absolute Gasteiger partial charge is 0.471 e. The fraction of sp³-hybridized carbons (Fsp3) is 0.278. The monoisotopic (exact) mass is 427 g/mol. The summed E-state index contributed by atoms with van der Waals surface area (Å²) in [4.78, 5) is 30.7. The predicted molar refractivity (Wildman–Crippen MR) is 102 cm³/mol. The first-order valence-corrected chi connectivity index (χ1v) is 9.01. The van der Waals surface area contributed by atoms with E-state index < -0.39 is 18.1 Å². The summed E-state index contributed by atoms with van der Waals surface area (Å²) in [5, 5.41) is 4.56. The Bertz CT molecular complexity index is 971. The number of carbonyl (C=O) groups is 2. The molecule has 1 aliphatic heterocycles. The van der Waals surface area contributed by atoms with Crippen molar-refractivity contribution in [2.75, 3.05) is 10.6 Å². The molecular formula is C18H17ClF3N5O2. The minimum atomic E-state index is -5.04. The predicted octanol–water partition coefficient (Wildman–Crippen LogP) is 3.91. The number of nitrogens with one attached hydrogen (secondary N) is 3. The van der Waals surface area contributed by atoms with Crippen molar-refractivity contribution in [3.8, 4) is 11.3 Å². The summed E-state index contributed by atoms with van der Waals surface area (Å²) in [6, 6.07) is 3.45. The number of fused-ring (bicyclic) bond motifs is 4. The number of H-pyrrole nitrogens is 1. The van der Waals surface area contributed by atoms with Crippen LogP contribution in [0, 0.1) is 0 Å². The molecule has 1 aromatic heterocycles. The number of carbonyl (C=O) groups excluding carboxylic acids is 2. The average Bonchev–Trinajstić information content (AvgIpc) is 3.02. The molecule has 2 heterocycles. The Hall–Kier alpha value is -2.85. The Morgan fingerprint density at radius 1 is 1.31 bits per heavy atom. The SMILES string of the molecule is N[C@H]1C/C=C/CCC(=O)Nc2cc(NC(=O)C(F)(F)F)ccc2-c2nc1[nH]c2Cl. The Morgan fingerprint density at radius 3 is 2.79 bits per heavy atom. The van der Waals surface area contributed by atoms with E-state index >= 15 is 0 Å². The number of rotatable bonds is 1. The summed E-state index contributed by atoms with van der Waals surface area (Å²) >= 11 is 6.24. The van der Waals surface area contributed by atoms with Crippen molar-refractivity contribution in [3.63, 3.8) is 0 Å². The summed E-state index contributed by atoms with van der Waals surface area (Å²) in [6.07, 6.45) is -0.293. The second-order valence-electron chi connectivity index (χ2n) is 6.40. The summed E-state index contributed by atoms with van der Waals surface area (Å²) in [5.74, 6) is -2.05. The number of anilines is 2. The highest BCUT2D eigenvalue weighted by atomic mass is 35.5. The molecule has 0 spiro atoms. The maximum absolute atomic E-state index is 12.5. The third-order valence-electron chi connectivity index (χ3n) is 4.19. The zero-order chi connectivity index (χ0) is 21.2. The number of halogens is 4. The highest BCUT2D eigenvalue weighted by molar-refractivity contribution is 6.32. The molecule has 0 fully saturated rings. The van der Waals surface area contributed by atoms with E-state index in [1.807, 2.05) is 12.2 Å². The molecule has 1 aliphatic rings. The molecule has 0 saturated heterocycles. The van der Waals surface area contributed by atoms with Crippen molar-refractivity contribution < 1.29 is 22.8 Å². The number of nitrogens with zero attached hydrogens (tertiary/aromatic N) is 1. The molecule has 0 saturated carbocycles. The van der Waals surface area contributed by atoms with Crippen LogP contribution in [0.15, 0.2) is 30.4 Å². The van der Waals surface area contributed by atoms with Crippen LogP contribution in [-0.4, -0.2) is 28.0 Å². The van der Waals surface area contributed by atoms with E-state index in [2.05, 4.69) is 15.3 Å². The van der Waals surface area contributed by atoms with Gasteiger partial charge in [0.15, 0.2) is 0 Å². The van der Waals surface area contributed by atoms with Crippen molar-refractivity contribution in [1.29, 1.82) is 0 Å². The molecule has 2 aromatic rings. The Balaban J connectivity index is 2.04. The summed E-state index contributed by atoms with van der Waals surface area (Å²) in [5.41, 5.74) is 6.77. The number of allylic oxidation sites excluding steroid dienone is 1. The van der Waals surface area contributed by atoms with Gasteiger partial charge in [-0.2, -0.15) is 13.2 Å². The van der Waals surface area contributed by atoms with Crippen LogP contribution in [-0.2, 0) is 9.59 Å². The molecule has 3 rings (SSSR count). The van der Waals surface area contributed by atoms with Crippen molar-refractivity contribution in [3.05, 3.63) is 41.3 Å². The normalized spacial score (nSPS) is 18.5. The molecular weight excluding hydrogens is 411 g/mol. The minimum Gasteiger partial charge on any atom is -0.331 e. The molecule has 154 valence electrons. The highest BCUT2D eigenvalue weighted by Crippen LogP contribution is 2.35. The van der Waals surface area contributed by atoms with Crippen LogP contribution < -0.4 is 16.4 Å². The molecule has 2 bridgehead atoms. The van der Waals surface area contributed by atoms with Crippen LogP contribution in [0.2, 0.25) is 5.15 Å². The molecule has 7 nitrogen and oxygen atoms in total. The Labute approximate surface area is 168 Å². The number of hydrogen-bond donors (Lipinski definition) is 4. The fourth-order valence-corrected chi connectivity index (χ4v) is 3.00. The van der Waals surface area contributed by atoms with Gasteiger partial charge < -0.3 is 21.4 Å². The number of aromatic nitrogens is 2. The van der Waals surface area contributed by atoms with Crippen molar-refractivity contribution in [1.82, 2.24) is 9.97 Å². The summed E-state index contributed by atoms with van der Waals surface area (Å²) in [7, 11) is 0. The van der Waals surface area contributed by atoms with Gasteiger partial charge in [0, 0.05) is 17.7 Å². The number of benzene rings is 1. The lowest BCUT2D eigenvalue weighted by Gasteiger charge is -2.14. The number of imidazole rings is 1. The van der Waals surface area contributed by atoms with E-state index in [4.69, 9.17) is 17.3 Å². The highest BCUT2D eigenvalue weighted by Gasteiger charge is 2.38. The lowest BCUT2D eigenvalue weighted by atomic mass is 10.1. The van der Waals surface area contributed by atoms with Crippen molar-refractivity contribution in [2.45, 2.75) is 31.5 Å². The van der Waals surface area contributed by atoms with Gasteiger partial charge >= 0.3 is 12.1 Å². The van der Waals surface area contributed by atoms with Crippen LogP contribution in [0.3, 0.4) is 0 Å². The van der Waals surface area contributed by atoms with E-state index in [-0.39, 0.29) is 34.5 Å². The lowest BCUT2D eigenvalue weighted by molar-refractivity contribution is -0.167. The average molecular weight is 428 g/mol. The van der Waals surface area contributed by atoms with Gasteiger partial charge in [-0.25, -0.2) is 4.98 Å². The van der Waals surface area contributed by atoms with E-state index in [1.165, 1.54) is 18.2 Å². The molecule has 0 radical (unpaired) electrons. The zero-order valence-corrected chi connectivity index (χ0v) is 15.7. The minimum absolute atomic E-state index is 0.140. The van der Waals surface area contributed by atoms with Gasteiger partial charge in [-0.3, -0.25) is 9.59 Å². The Morgan fingerprint density at radius 2 is 2.07 bits per heavy atom. The van der Waals surface area contributed by atoms with Crippen molar-refractivity contribution in [2.24, 2.45) is 5.73 Å². The van der Waals surface area contributed by atoms with Gasteiger partial charge in [0.2, 0.25) is 5.91 Å². The molecule has 1 atom stereocenters. The molecule has 5 N–H and O–H groups in total. The quantitative estimate of drug-likeness (QED) is 0.517. The number of hydrogen-bond acceptors (Lipinski definition) is 4. The number of amides is 2. The summed E-state index contributed by atoms with van der Waals surface area (Å²) in [6.45, 7) is 0. The maximum Gasteiger partial charge on any atom is 0.471 e. The van der Waals surface area contributed by atoms with Crippen molar-refractivity contribution >= 4 is 34.8 Å². The number of nitrogens with two attached hydrogens (primary N) is 1. The second kappa shape index (κ2) is 8.26. The molecule has 0 aliphatic carbocycles. The van der Waals surface area contributed by atoms with Crippen LogP contribution in [0.1, 0.15) is 31.1 Å². The van der Waals surface area contributed by atoms with Crippen LogP contribution in [0.4, 0.5) is 24.5 Å². The Kier molecular flexibility index (Phi) is 5.94. The molecule has 29 heavy (non-hydrogen) atoms. The third kappa shape index (κ3) is 4.96. The van der Waals surface area contributed by atoms with Gasteiger partial charge in [-0.05, 0) is 31.0 Å². The topological polar surface area (TPSA) is 113 Å². The fourth-order valence-electron chi connectivity index (χ4n) is 2.76. The van der Waals surface area contributed by atoms with Crippen LogP contribution in [0.25, 0.3) is 11.3 Å². The van der Waals surface area contributed by atoms with Gasteiger partial charge in [0.1, 0.15) is 16.7 Å². The molecule has 0 unspecified atom stereocenters. The standard InChI is InChI=1S/C18H17ClF3N5O2/c19-15-14-10-7-6-9(24-17(29)18(20,21)22)8-12(10)25-13(28)5-3-1-2-4-11(23)16(26-14)27-15/h1-2,6-8,11H,3-5,23H2,(H,24,29)(H,25,28)(H,26,27)/b2-1+/t11-/m0/s1. The van der Waals surface area contributed by atoms with Gasteiger partial charge in [-0.1, -0.05) is 23.8 Å². The number of aromatic amines is 1. The number of alkyl halides is 3. The van der Waals surface area contributed by atoms with Gasteiger partial charge in [-0.15, -0.1) is 0 Å². The summed E-state index contributed by atoms with van der Waals surface area (Å²) < 4.78 is 37.6. The third-order valence-corrected chi connectivity index (χ3v) is 4.46. The molecule has 11 heteroatoms. The lowest BCUT2D eigenvalue weighted by Crippen LogP contribution is -2.29. The first kappa shape index (κ1) is 20.9. The van der Waals surface area contributed by atoms with E-state index in [1.54, 1.807) is 5.32 Å². The van der Waals surface area contributed by atoms with Gasteiger partial charge in [0.05, 0.1) is 11.7 Å². The second-order valence-corrected chi connectivity index (χ2v) is 6.78. The van der Waals surface area contributed by atoms with Crippen LogP contribution >= 0.6 is 11.6 Å². The first-order valence-electron chi connectivity index (χ1n) is 8.63. The van der Waals surface area contributed by atoms with Gasteiger partial charge in [0.25, 0.3) is 0 Å². The maximum atomic E-state index is 12.5. The van der Waals surface area contributed by atoms with Crippen LogP contribution in [0.5, 0.6) is 0 Å². The first-order chi connectivity index (χ1) is 13.6. The smallest absolute Gasteiger partial charge is 0.331 e. The zero-order valence-electron chi connectivity index (χ0n) is 14.9. The van der Waals surface area contributed by atoms with E-state index in [9.17, 15) is 22.8 Å². The molecule has 2 amide bonds. The van der Waals surface area contributed by atoms with E-state index in [0.717, 1.165) is 0 Å². The molecule has 1 aromatic carbocycles. The van der Waals surface area contributed by atoms with E-state index in [0.29, 0.717) is 24.2 Å².